The van der Waals surface area contributed by atoms with Crippen molar-refractivity contribution in [3.8, 4) is 22.6 Å². The van der Waals surface area contributed by atoms with Gasteiger partial charge in [0.1, 0.15) is 18.0 Å². The Morgan fingerprint density at radius 3 is 2.33 bits per heavy atom. The van der Waals surface area contributed by atoms with Gasteiger partial charge in [-0.1, -0.05) is 42.5 Å². The van der Waals surface area contributed by atoms with Gasteiger partial charge in [-0.2, -0.15) is 0 Å². The van der Waals surface area contributed by atoms with Gasteiger partial charge < -0.3 is 13.9 Å². The average molecular weight is 318 g/mol. The molecule has 0 aliphatic heterocycles. The number of aliphatic hydroxyl groups excluding tert-OH is 1. The molecular weight excluding hydrogens is 304 g/mol. The summed E-state index contributed by atoms with van der Waals surface area (Å²) in [5.41, 5.74) is 1.60. The van der Waals surface area contributed by atoms with E-state index in [2.05, 4.69) is 0 Å². The number of rotatable bonds is 3. The van der Waals surface area contributed by atoms with Crippen molar-refractivity contribution < 1.29 is 13.9 Å². The number of hydrogen-bond acceptors (Lipinski definition) is 4. The van der Waals surface area contributed by atoms with E-state index in [9.17, 15) is 9.90 Å². The van der Waals surface area contributed by atoms with Gasteiger partial charge in [-0.3, -0.25) is 4.79 Å². The van der Waals surface area contributed by atoms with Crippen LogP contribution in [0.3, 0.4) is 0 Å². The lowest BCUT2D eigenvalue weighted by Crippen LogP contribution is -2.07. The van der Waals surface area contributed by atoms with E-state index in [4.69, 9.17) is 8.83 Å². The van der Waals surface area contributed by atoms with Gasteiger partial charge in [0.05, 0.1) is 10.9 Å². The molecule has 0 spiro atoms. The number of hydrogen-bond donors (Lipinski definition) is 1. The maximum Gasteiger partial charge on any atom is 0.201 e. The van der Waals surface area contributed by atoms with E-state index in [1.807, 2.05) is 42.5 Å². The Hall–Kier alpha value is -3.11. The zero-order valence-corrected chi connectivity index (χ0v) is 12.7. The summed E-state index contributed by atoms with van der Waals surface area (Å²) in [6, 6.07) is 19.9. The molecule has 118 valence electrons. The first kappa shape index (κ1) is 14.5. The van der Waals surface area contributed by atoms with Crippen LogP contribution in [0.5, 0.6) is 0 Å². The molecule has 2 heterocycles. The molecule has 0 saturated heterocycles. The van der Waals surface area contributed by atoms with Crippen molar-refractivity contribution in [2.45, 2.75) is 6.61 Å². The second-order valence-corrected chi connectivity index (χ2v) is 5.42. The molecule has 24 heavy (non-hydrogen) atoms. The monoisotopic (exact) mass is 318 g/mol. The molecule has 0 unspecified atom stereocenters. The van der Waals surface area contributed by atoms with Crippen molar-refractivity contribution in [3.63, 3.8) is 0 Å². The molecule has 4 rings (SSSR count). The first-order valence-corrected chi connectivity index (χ1v) is 7.59. The summed E-state index contributed by atoms with van der Waals surface area (Å²) < 4.78 is 11.6. The fourth-order valence-electron chi connectivity index (χ4n) is 2.77. The van der Waals surface area contributed by atoms with Crippen molar-refractivity contribution in [1.82, 2.24) is 0 Å². The highest BCUT2D eigenvalue weighted by Gasteiger charge is 2.20. The molecule has 0 bridgehead atoms. The second kappa shape index (κ2) is 5.83. The molecule has 4 aromatic rings. The summed E-state index contributed by atoms with van der Waals surface area (Å²) in [5, 5.41) is 9.75. The topological polar surface area (TPSA) is 63.6 Å². The molecule has 4 heteroatoms. The summed E-state index contributed by atoms with van der Waals surface area (Å²) in [5.74, 6) is 1.20. The highest BCUT2D eigenvalue weighted by atomic mass is 16.4. The Morgan fingerprint density at radius 1 is 0.833 bits per heavy atom. The van der Waals surface area contributed by atoms with Crippen molar-refractivity contribution in [3.05, 3.63) is 82.7 Å². The van der Waals surface area contributed by atoms with Gasteiger partial charge in [-0.15, -0.1) is 0 Å². The minimum atomic E-state index is -0.210. The first-order valence-electron chi connectivity index (χ1n) is 7.59. The van der Waals surface area contributed by atoms with Crippen molar-refractivity contribution >= 4 is 11.0 Å². The minimum absolute atomic E-state index is 0.111. The Morgan fingerprint density at radius 2 is 1.58 bits per heavy atom. The Bertz CT molecular complexity index is 1060. The lowest BCUT2D eigenvalue weighted by atomic mass is 10.0. The van der Waals surface area contributed by atoms with Gasteiger partial charge >= 0.3 is 0 Å². The third kappa shape index (κ3) is 2.33. The number of fused-ring (bicyclic) bond motifs is 1. The zero-order chi connectivity index (χ0) is 16.5. The van der Waals surface area contributed by atoms with Crippen LogP contribution in [0.1, 0.15) is 5.76 Å². The minimum Gasteiger partial charge on any atom is -0.455 e. The third-order valence-electron chi connectivity index (χ3n) is 3.90. The fourth-order valence-corrected chi connectivity index (χ4v) is 2.77. The van der Waals surface area contributed by atoms with Crippen LogP contribution in [0.2, 0.25) is 0 Å². The normalized spacial score (nSPS) is 11.0. The molecule has 0 radical (unpaired) electrons. The second-order valence-electron chi connectivity index (χ2n) is 5.42. The Labute approximate surface area is 137 Å². The molecule has 0 saturated carbocycles. The fraction of sp³-hybridized carbons (Fsp3) is 0.0500. The van der Waals surface area contributed by atoms with E-state index in [-0.39, 0.29) is 12.0 Å². The van der Waals surface area contributed by atoms with Gasteiger partial charge in [0, 0.05) is 0 Å². The van der Waals surface area contributed by atoms with Crippen LogP contribution in [0.25, 0.3) is 33.6 Å². The van der Waals surface area contributed by atoms with E-state index < -0.39 is 0 Å². The van der Waals surface area contributed by atoms with Crippen LogP contribution in [0.15, 0.2) is 80.4 Å². The van der Waals surface area contributed by atoms with E-state index in [0.29, 0.717) is 33.8 Å². The number of aliphatic hydroxyl groups is 1. The van der Waals surface area contributed by atoms with Crippen molar-refractivity contribution in [2.75, 3.05) is 0 Å². The van der Waals surface area contributed by atoms with Crippen molar-refractivity contribution in [2.24, 2.45) is 0 Å². The number of para-hydroxylation sites is 1. The van der Waals surface area contributed by atoms with Crippen molar-refractivity contribution in [1.29, 1.82) is 0 Å². The third-order valence-corrected chi connectivity index (χ3v) is 3.90. The first-order chi connectivity index (χ1) is 11.8. The number of benzene rings is 2. The molecule has 0 aliphatic rings. The largest absolute Gasteiger partial charge is 0.455 e. The summed E-state index contributed by atoms with van der Waals surface area (Å²) in [4.78, 5) is 13.0. The highest BCUT2D eigenvalue weighted by molar-refractivity contribution is 5.88. The molecule has 1 N–H and O–H groups in total. The standard InChI is InChI=1S/C20H14O4/c21-12-14-10-11-17(23-14)20-18(13-6-2-1-3-7-13)19(22)15-8-4-5-9-16(15)24-20/h1-11,21H,12H2. The lowest BCUT2D eigenvalue weighted by molar-refractivity contribution is 0.248. The smallest absolute Gasteiger partial charge is 0.201 e. The molecule has 2 aromatic carbocycles. The van der Waals surface area contributed by atoms with E-state index >= 15 is 0 Å². The zero-order valence-electron chi connectivity index (χ0n) is 12.7. The van der Waals surface area contributed by atoms with Crippen LogP contribution < -0.4 is 5.43 Å². The van der Waals surface area contributed by atoms with Crippen LogP contribution in [-0.2, 0) is 6.61 Å². The van der Waals surface area contributed by atoms with Gasteiger partial charge in [0.15, 0.2) is 11.5 Å². The Kier molecular flexibility index (Phi) is 3.52. The highest BCUT2D eigenvalue weighted by Crippen LogP contribution is 2.33. The molecular formula is C20H14O4. The lowest BCUT2D eigenvalue weighted by Gasteiger charge is -2.08. The predicted molar refractivity (Wildman–Crippen MR) is 91.5 cm³/mol. The maximum absolute atomic E-state index is 13.0. The van der Waals surface area contributed by atoms with Crippen LogP contribution >= 0.6 is 0 Å². The molecule has 0 fully saturated rings. The molecule has 0 atom stereocenters. The van der Waals surface area contributed by atoms with E-state index in [1.54, 1.807) is 24.3 Å². The van der Waals surface area contributed by atoms with Crippen LogP contribution in [0.4, 0.5) is 0 Å². The molecule has 0 aliphatic carbocycles. The van der Waals surface area contributed by atoms with Gasteiger partial charge in [-0.25, -0.2) is 0 Å². The predicted octanol–water partition coefficient (Wildman–Crippen LogP) is 4.21. The number of furan rings is 1. The summed E-state index contributed by atoms with van der Waals surface area (Å²) in [7, 11) is 0. The van der Waals surface area contributed by atoms with E-state index in [0.717, 1.165) is 5.56 Å². The maximum atomic E-state index is 13.0. The molecule has 4 nitrogen and oxygen atoms in total. The SMILES string of the molecule is O=c1c(-c2ccccc2)c(-c2ccc(CO)o2)oc2ccccc12. The van der Waals surface area contributed by atoms with E-state index in [1.165, 1.54) is 0 Å². The van der Waals surface area contributed by atoms with Gasteiger partial charge in [0.25, 0.3) is 0 Å². The summed E-state index contributed by atoms with van der Waals surface area (Å²) in [6.45, 7) is -0.210. The molecule has 2 aromatic heterocycles. The summed E-state index contributed by atoms with van der Waals surface area (Å²) >= 11 is 0. The van der Waals surface area contributed by atoms with Gasteiger partial charge in [-0.05, 0) is 29.8 Å². The molecule has 0 amide bonds. The summed E-state index contributed by atoms with van der Waals surface area (Å²) in [6.07, 6.45) is 0. The van der Waals surface area contributed by atoms with Crippen LogP contribution in [-0.4, -0.2) is 5.11 Å². The van der Waals surface area contributed by atoms with Gasteiger partial charge in [0.2, 0.25) is 5.43 Å². The quantitative estimate of drug-likeness (QED) is 0.614. The Balaban J connectivity index is 2.09. The average Bonchev–Trinajstić information content (AvgIpc) is 3.11. The van der Waals surface area contributed by atoms with Crippen LogP contribution in [0, 0.1) is 0 Å².